The molecule has 1 saturated carbocycles. The Morgan fingerprint density at radius 3 is 2.68 bits per heavy atom. The van der Waals surface area contributed by atoms with Gasteiger partial charge in [-0.3, -0.25) is 9.59 Å². The molecule has 28 heavy (non-hydrogen) atoms. The minimum atomic E-state index is -0.513. The first-order chi connectivity index (χ1) is 13.5. The maximum atomic E-state index is 12.8. The summed E-state index contributed by atoms with van der Waals surface area (Å²) in [6, 6.07) is 9.14. The highest BCUT2D eigenvalue weighted by Crippen LogP contribution is 2.26. The Bertz CT molecular complexity index is 989. The third kappa shape index (κ3) is 4.25. The molecule has 0 aliphatic heterocycles. The van der Waals surface area contributed by atoms with E-state index in [-0.39, 0.29) is 17.9 Å². The van der Waals surface area contributed by atoms with Gasteiger partial charge in [0.1, 0.15) is 6.04 Å². The third-order valence-corrected chi connectivity index (χ3v) is 5.75. The summed E-state index contributed by atoms with van der Waals surface area (Å²) in [5, 5.41) is 6.79. The molecule has 1 aromatic carbocycles. The minimum absolute atomic E-state index is 0.0849. The van der Waals surface area contributed by atoms with Gasteiger partial charge in [0.2, 0.25) is 5.91 Å². The Labute approximate surface area is 168 Å². The number of carbonyl (C=O) groups is 2. The van der Waals surface area contributed by atoms with Crippen molar-refractivity contribution in [1.82, 2.24) is 20.2 Å². The van der Waals surface area contributed by atoms with Gasteiger partial charge in [0, 0.05) is 24.0 Å². The summed E-state index contributed by atoms with van der Waals surface area (Å²) >= 11 is 1.53. The van der Waals surface area contributed by atoms with Crippen molar-refractivity contribution in [2.24, 2.45) is 5.92 Å². The molecule has 2 amide bonds. The zero-order valence-electron chi connectivity index (χ0n) is 16.0. The molecule has 1 atom stereocenters. The first-order valence-electron chi connectivity index (χ1n) is 9.65. The predicted octanol–water partition coefficient (Wildman–Crippen LogP) is 3.51. The summed E-state index contributed by atoms with van der Waals surface area (Å²) in [6.07, 6.45) is 6.56. The van der Waals surface area contributed by atoms with Crippen molar-refractivity contribution in [2.75, 3.05) is 0 Å². The molecule has 7 heteroatoms. The van der Waals surface area contributed by atoms with E-state index in [4.69, 9.17) is 0 Å². The standard InChI is InChI=1S/C21H24N4O2S/c1-13(2)11-17(20(27)22-15-6-7-15)23-19(26)14-5-8-16-18(12-14)28-21(24-16)25-9-3-4-10-25/h3-5,8-10,12-13,15,17H,6-7,11H2,1-2H3,(H,22,27)(H,23,26)/t17-/m1/s1. The molecule has 0 spiro atoms. The van der Waals surface area contributed by atoms with Crippen LogP contribution < -0.4 is 10.6 Å². The largest absolute Gasteiger partial charge is 0.352 e. The van der Waals surface area contributed by atoms with E-state index in [1.165, 1.54) is 11.3 Å². The number of benzene rings is 1. The van der Waals surface area contributed by atoms with Crippen LogP contribution in [0.2, 0.25) is 0 Å². The number of rotatable bonds is 7. The van der Waals surface area contributed by atoms with Gasteiger partial charge >= 0.3 is 0 Å². The van der Waals surface area contributed by atoms with E-state index >= 15 is 0 Å². The average Bonchev–Trinajstić information content (AvgIpc) is 3.15. The number of hydrogen-bond acceptors (Lipinski definition) is 4. The second kappa shape index (κ2) is 7.75. The van der Waals surface area contributed by atoms with Crippen LogP contribution in [-0.4, -0.2) is 33.4 Å². The van der Waals surface area contributed by atoms with Crippen LogP contribution in [0.3, 0.4) is 0 Å². The quantitative estimate of drug-likeness (QED) is 0.642. The van der Waals surface area contributed by atoms with Gasteiger partial charge in [0.15, 0.2) is 5.13 Å². The first kappa shape index (κ1) is 18.7. The highest BCUT2D eigenvalue weighted by atomic mass is 32.1. The van der Waals surface area contributed by atoms with E-state index in [0.29, 0.717) is 17.9 Å². The second-order valence-electron chi connectivity index (χ2n) is 7.71. The lowest BCUT2D eigenvalue weighted by Crippen LogP contribution is -2.48. The average molecular weight is 397 g/mol. The van der Waals surface area contributed by atoms with Crippen LogP contribution in [0.4, 0.5) is 0 Å². The summed E-state index contributed by atoms with van der Waals surface area (Å²) in [5.41, 5.74) is 1.40. The fourth-order valence-electron chi connectivity index (χ4n) is 3.10. The third-order valence-electron chi connectivity index (χ3n) is 4.72. The summed E-state index contributed by atoms with van der Waals surface area (Å²) in [4.78, 5) is 29.9. The fraction of sp³-hybridized carbons (Fsp3) is 0.381. The highest BCUT2D eigenvalue weighted by molar-refractivity contribution is 7.20. The Kier molecular flexibility index (Phi) is 5.17. The summed E-state index contributed by atoms with van der Waals surface area (Å²) in [5.74, 6) is -0.00363. The Balaban J connectivity index is 1.52. The van der Waals surface area contributed by atoms with E-state index in [9.17, 15) is 9.59 Å². The van der Waals surface area contributed by atoms with E-state index in [1.54, 1.807) is 6.07 Å². The van der Waals surface area contributed by atoms with Crippen LogP contribution in [0.15, 0.2) is 42.7 Å². The molecule has 1 aliphatic rings. The lowest BCUT2D eigenvalue weighted by Gasteiger charge is -2.20. The van der Waals surface area contributed by atoms with Gasteiger partial charge in [-0.15, -0.1) is 0 Å². The molecule has 0 radical (unpaired) electrons. The number of fused-ring (bicyclic) bond motifs is 1. The van der Waals surface area contributed by atoms with E-state index < -0.39 is 6.04 Å². The SMILES string of the molecule is CC(C)C[C@@H](NC(=O)c1ccc2nc(-n3cccc3)sc2c1)C(=O)NC1CC1. The van der Waals surface area contributed by atoms with Crippen LogP contribution in [0, 0.1) is 5.92 Å². The fourth-order valence-corrected chi connectivity index (χ4v) is 4.07. The number of nitrogens with zero attached hydrogens (tertiary/aromatic N) is 2. The lowest BCUT2D eigenvalue weighted by atomic mass is 10.0. The Morgan fingerprint density at radius 2 is 2.00 bits per heavy atom. The van der Waals surface area contributed by atoms with Crippen molar-refractivity contribution in [3.63, 3.8) is 0 Å². The smallest absolute Gasteiger partial charge is 0.251 e. The van der Waals surface area contributed by atoms with Gasteiger partial charge in [-0.1, -0.05) is 25.2 Å². The Hall–Kier alpha value is -2.67. The van der Waals surface area contributed by atoms with Crippen molar-refractivity contribution >= 4 is 33.4 Å². The van der Waals surface area contributed by atoms with Crippen molar-refractivity contribution in [3.8, 4) is 5.13 Å². The lowest BCUT2D eigenvalue weighted by molar-refractivity contribution is -0.123. The summed E-state index contributed by atoms with van der Waals surface area (Å²) in [7, 11) is 0. The number of hydrogen-bond donors (Lipinski definition) is 2. The van der Waals surface area contributed by atoms with Crippen LogP contribution in [0.25, 0.3) is 15.3 Å². The Morgan fingerprint density at radius 1 is 1.25 bits per heavy atom. The molecule has 0 bridgehead atoms. The van der Waals surface area contributed by atoms with E-state index in [2.05, 4.69) is 29.5 Å². The number of aromatic nitrogens is 2. The van der Waals surface area contributed by atoms with Crippen molar-refractivity contribution in [1.29, 1.82) is 0 Å². The monoisotopic (exact) mass is 396 g/mol. The zero-order valence-corrected chi connectivity index (χ0v) is 16.8. The van der Waals surface area contributed by atoms with E-state index in [1.807, 2.05) is 41.2 Å². The van der Waals surface area contributed by atoms with Crippen LogP contribution >= 0.6 is 11.3 Å². The molecule has 3 aromatic rings. The molecule has 2 aromatic heterocycles. The molecule has 146 valence electrons. The predicted molar refractivity (Wildman–Crippen MR) is 111 cm³/mol. The molecule has 1 fully saturated rings. The summed E-state index contributed by atoms with van der Waals surface area (Å²) in [6.45, 7) is 4.10. The van der Waals surface area contributed by atoms with Crippen LogP contribution in [-0.2, 0) is 4.79 Å². The van der Waals surface area contributed by atoms with Crippen molar-refractivity contribution in [2.45, 2.75) is 45.2 Å². The van der Waals surface area contributed by atoms with Gasteiger partial charge < -0.3 is 15.2 Å². The van der Waals surface area contributed by atoms with Gasteiger partial charge in [0.25, 0.3) is 5.91 Å². The number of amides is 2. The van der Waals surface area contributed by atoms with Crippen molar-refractivity contribution in [3.05, 3.63) is 48.3 Å². The second-order valence-corrected chi connectivity index (χ2v) is 8.72. The molecule has 6 nitrogen and oxygen atoms in total. The normalized spacial score (nSPS) is 15.0. The maximum absolute atomic E-state index is 12.8. The topological polar surface area (TPSA) is 76.0 Å². The van der Waals surface area contributed by atoms with Crippen molar-refractivity contribution < 1.29 is 9.59 Å². The molecule has 2 heterocycles. The highest BCUT2D eigenvalue weighted by Gasteiger charge is 2.29. The minimum Gasteiger partial charge on any atom is -0.352 e. The number of carbonyl (C=O) groups excluding carboxylic acids is 2. The molecule has 4 rings (SSSR count). The van der Waals surface area contributed by atoms with Crippen LogP contribution in [0.1, 0.15) is 43.5 Å². The van der Waals surface area contributed by atoms with Gasteiger partial charge in [-0.2, -0.15) is 0 Å². The van der Waals surface area contributed by atoms with Gasteiger partial charge in [0.05, 0.1) is 10.2 Å². The maximum Gasteiger partial charge on any atom is 0.251 e. The van der Waals surface area contributed by atoms with E-state index in [0.717, 1.165) is 28.2 Å². The molecule has 0 saturated heterocycles. The summed E-state index contributed by atoms with van der Waals surface area (Å²) < 4.78 is 2.89. The molecule has 0 unspecified atom stereocenters. The van der Waals surface area contributed by atoms with Gasteiger partial charge in [-0.25, -0.2) is 4.98 Å². The molecule has 2 N–H and O–H groups in total. The molecular formula is C21H24N4O2S. The van der Waals surface area contributed by atoms with Crippen LogP contribution in [0.5, 0.6) is 0 Å². The number of thiazole rings is 1. The molecular weight excluding hydrogens is 372 g/mol. The zero-order chi connectivity index (χ0) is 19.7. The number of nitrogens with one attached hydrogen (secondary N) is 2. The van der Waals surface area contributed by atoms with Gasteiger partial charge in [-0.05, 0) is 55.5 Å². The first-order valence-corrected chi connectivity index (χ1v) is 10.5. The molecule has 1 aliphatic carbocycles.